The molecule has 0 saturated carbocycles. The average molecular weight is 362 g/mol. The van der Waals surface area contributed by atoms with E-state index in [-0.39, 0.29) is 12.4 Å². The molecule has 0 spiro atoms. The summed E-state index contributed by atoms with van der Waals surface area (Å²) in [5, 5.41) is 0. The molecule has 0 N–H and O–H groups in total. The van der Waals surface area contributed by atoms with Crippen LogP contribution in [0.4, 0.5) is 0 Å². The van der Waals surface area contributed by atoms with Crippen molar-refractivity contribution < 1.29 is 23.8 Å². The Morgan fingerprint density at radius 3 is 2.07 bits per heavy atom. The van der Waals surface area contributed by atoms with Gasteiger partial charge in [0.15, 0.2) is 12.4 Å². The molecule has 3 rings (SSSR count). The first-order valence-corrected chi connectivity index (χ1v) is 8.37. The molecule has 0 aliphatic carbocycles. The van der Waals surface area contributed by atoms with Crippen molar-refractivity contribution in [3.63, 3.8) is 0 Å². The van der Waals surface area contributed by atoms with Crippen LogP contribution in [-0.2, 0) is 4.79 Å². The summed E-state index contributed by atoms with van der Waals surface area (Å²) in [5.74, 6) is 1.58. The second-order valence-corrected chi connectivity index (χ2v) is 5.73. The van der Waals surface area contributed by atoms with Gasteiger partial charge in [-0.15, -0.1) is 0 Å². The normalized spacial score (nSPS) is 10.1. The minimum Gasteiger partial charge on any atom is -0.482 e. The lowest BCUT2D eigenvalue weighted by atomic mass is 10.1. The number of ether oxygens (including phenoxy) is 3. The third-order valence-corrected chi connectivity index (χ3v) is 3.63. The van der Waals surface area contributed by atoms with Gasteiger partial charge in [-0.3, -0.25) is 4.79 Å². The summed E-state index contributed by atoms with van der Waals surface area (Å²) in [4.78, 5) is 23.3. The van der Waals surface area contributed by atoms with Gasteiger partial charge >= 0.3 is 5.97 Å². The van der Waals surface area contributed by atoms with E-state index in [1.165, 1.54) is 6.92 Å². The number of benzene rings is 3. The van der Waals surface area contributed by atoms with Crippen molar-refractivity contribution in [2.45, 2.75) is 6.92 Å². The molecule has 0 aliphatic heterocycles. The Balaban J connectivity index is 1.52. The predicted molar refractivity (Wildman–Crippen MR) is 101 cm³/mol. The first-order valence-electron chi connectivity index (χ1n) is 8.37. The highest BCUT2D eigenvalue weighted by molar-refractivity contribution is 5.94. The third kappa shape index (κ3) is 5.44. The summed E-state index contributed by atoms with van der Waals surface area (Å²) >= 11 is 0. The number of hydrogen-bond donors (Lipinski definition) is 0. The van der Waals surface area contributed by atoms with Crippen molar-refractivity contribution in [3.8, 4) is 23.0 Å². The fourth-order valence-electron chi connectivity index (χ4n) is 2.31. The van der Waals surface area contributed by atoms with Crippen LogP contribution in [-0.4, -0.2) is 18.4 Å². The number of hydrogen-bond acceptors (Lipinski definition) is 5. The van der Waals surface area contributed by atoms with Crippen molar-refractivity contribution >= 4 is 11.8 Å². The molecule has 136 valence electrons. The van der Waals surface area contributed by atoms with Crippen molar-refractivity contribution in [2.24, 2.45) is 0 Å². The molecule has 5 heteroatoms. The maximum absolute atomic E-state index is 11.9. The number of Topliss-reactive ketones (excluding diaryl/α,β-unsaturated/α-hetero) is 1. The van der Waals surface area contributed by atoms with Crippen LogP contribution in [0.5, 0.6) is 23.0 Å². The molecule has 0 saturated heterocycles. The fraction of sp³-hybridized carbons (Fsp3) is 0.0909. The molecule has 0 amide bonds. The van der Waals surface area contributed by atoms with E-state index < -0.39 is 5.97 Å². The number of carbonyl (C=O) groups is 2. The number of para-hydroxylation sites is 1. The van der Waals surface area contributed by atoms with E-state index in [0.29, 0.717) is 22.8 Å². The average Bonchev–Trinajstić information content (AvgIpc) is 2.69. The van der Waals surface area contributed by atoms with E-state index in [1.807, 2.05) is 30.3 Å². The highest BCUT2D eigenvalue weighted by atomic mass is 16.6. The summed E-state index contributed by atoms with van der Waals surface area (Å²) in [5.41, 5.74) is 0.523. The van der Waals surface area contributed by atoms with E-state index in [0.717, 1.165) is 5.75 Å². The molecule has 0 radical (unpaired) electrons. The molecule has 27 heavy (non-hydrogen) atoms. The summed E-state index contributed by atoms with van der Waals surface area (Å²) in [6.07, 6.45) is 0. The minimum absolute atomic E-state index is 0.0687. The van der Waals surface area contributed by atoms with Crippen LogP contribution in [0.25, 0.3) is 0 Å². The van der Waals surface area contributed by atoms with Gasteiger partial charge in [-0.05, 0) is 55.5 Å². The molecular formula is C22H18O5. The Labute approximate surface area is 157 Å². The van der Waals surface area contributed by atoms with Crippen LogP contribution >= 0.6 is 0 Å². The van der Waals surface area contributed by atoms with Crippen molar-refractivity contribution in [2.75, 3.05) is 6.61 Å². The van der Waals surface area contributed by atoms with E-state index in [9.17, 15) is 9.59 Å². The van der Waals surface area contributed by atoms with Crippen LogP contribution in [0.1, 0.15) is 17.3 Å². The monoisotopic (exact) mass is 362 g/mol. The van der Waals surface area contributed by atoms with Gasteiger partial charge in [-0.25, -0.2) is 4.79 Å². The lowest BCUT2D eigenvalue weighted by Gasteiger charge is -2.09. The van der Waals surface area contributed by atoms with Gasteiger partial charge < -0.3 is 14.2 Å². The zero-order chi connectivity index (χ0) is 19.1. The van der Waals surface area contributed by atoms with Gasteiger partial charge in [-0.2, -0.15) is 0 Å². The minimum atomic E-state index is -0.542. The summed E-state index contributed by atoms with van der Waals surface area (Å²) < 4.78 is 16.3. The molecule has 3 aromatic rings. The molecule has 5 nitrogen and oxygen atoms in total. The zero-order valence-corrected chi connectivity index (χ0v) is 14.8. The Hall–Kier alpha value is -3.60. The molecule has 0 atom stereocenters. The van der Waals surface area contributed by atoms with E-state index in [2.05, 4.69) is 0 Å². The maximum atomic E-state index is 11.9. The summed E-state index contributed by atoms with van der Waals surface area (Å²) in [6, 6.07) is 22.8. The highest BCUT2D eigenvalue weighted by Crippen LogP contribution is 2.23. The van der Waals surface area contributed by atoms with Gasteiger partial charge in [-0.1, -0.05) is 30.3 Å². The molecule has 0 bridgehead atoms. The van der Waals surface area contributed by atoms with Crippen molar-refractivity contribution in [1.82, 2.24) is 0 Å². The predicted octanol–water partition coefficient (Wildman–Crippen LogP) is 4.67. The third-order valence-electron chi connectivity index (χ3n) is 3.63. The van der Waals surface area contributed by atoms with Crippen LogP contribution in [0.2, 0.25) is 0 Å². The largest absolute Gasteiger partial charge is 0.482 e. The van der Waals surface area contributed by atoms with Crippen molar-refractivity contribution in [3.05, 3.63) is 84.4 Å². The van der Waals surface area contributed by atoms with Gasteiger partial charge in [0.1, 0.15) is 23.0 Å². The first-order chi connectivity index (χ1) is 13.1. The Bertz CT molecular complexity index is 917. The number of rotatable bonds is 7. The molecule has 0 aromatic heterocycles. The topological polar surface area (TPSA) is 61.8 Å². The van der Waals surface area contributed by atoms with Crippen molar-refractivity contribution in [1.29, 1.82) is 0 Å². The second kappa shape index (κ2) is 8.67. The van der Waals surface area contributed by atoms with Crippen LogP contribution in [0.15, 0.2) is 78.9 Å². The fourth-order valence-corrected chi connectivity index (χ4v) is 2.31. The molecule has 3 aromatic carbocycles. The molecule has 0 unspecified atom stereocenters. The number of esters is 1. The zero-order valence-electron chi connectivity index (χ0n) is 14.8. The van der Waals surface area contributed by atoms with Gasteiger partial charge in [0.25, 0.3) is 0 Å². The van der Waals surface area contributed by atoms with E-state index in [4.69, 9.17) is 14.2 Å². The van der Waals surface area contributed by atoms with E-state index in [1.54, 1.807) is 48.5 Å². The van der Waals surface area contributed by atoms with Gasteiger partial charge in [0.05, 0.1) is 0 Å². The summed E-state index contributed by atoms with van der Waals surface area (Å²) in [7, 11) is 0. The summed E-state index contributed by atoms with van der Waals surface area (Å²) in [6.45, 7) is 1.21. The second-order valence-electron chi connectivity index (χ2n) is 5.73. The molecular weight excluding hydrogens is 344 g/mol. The molecule has 0 fully saturated rings. The van der Waals surface area contributed by atoms with E-state index >= 15 is 0 Å². The SMILES string of the molecule is CC(=O)c1cccc(OCC(=O)Oc2ccc(Oc3ccccc3)cc2)c1. The Kier molecular flexibility index (Phi) is 5.84. The first kappa shape index (κ1) is 18.2. The lowest BCUT2D eigenvalue weighted by molar-refractivity contribution is -0.136. The smallest absolute Gasteiger partial charge is 0.349 e. The number of ketones is 1. The highest BCUT2D eigenvalue weighted by Gasteiger charge is 2.08. The maximum Gasteiger partial charge on any atom is 0.349 e. The van der Waals surface area contributed by atoms with Crippen LogP contribution in [0.3, 0.4) is 0 Å². The lowest BCUT2D eigenvalue weighted by Crippen LogP contribution is -2.17. The Morgan fingerprint density at radius 2 is 1.37 bits per heavy atom. The molecule has 0 aliphatic rings. The quantitative estimate of drug-likeness (QED) is 0.347. The van der Waals surface area contributed by atoms with Gasteiger partial charge in [0.2, 0.25) is 0 Å². The number of carbonyl (C=O) groups excluding carboxylic acids is 2. The van der Waals surface area contributed by atoms with Crippen LogP contribution in [0, 0.1) is 0 Å². The Morgan fingerprint density at radius 1 is 0.741 bits per heavy atom. The van der Waals surface area contributed by atoms with Crippen LogP contribution < -0.4 is 14.2 Å². The standard InChI is InChI=1S/C22H18O5/c1-16(23)17-6-5-9-21(14-17)25-15-22(24)27-20-12-10-19(11-13-20)26-18-7-3-2-4-8-18/h2-14H,15H2,1H3. The van der Waals surface area contributed by atoms with Gasteiger partial charge in [0, 0.05) is 5.56 Å². The molecule has 0 heterocycles.